The Labute approximate surface area is 151 Å². The van der Waals surface area contributed by atoms with E-state index in [2.05, 4.69) is 15.2 Å². The summed E-state index contributed by atoms with van der Waals surface area (Å²) in [4.78, 5) is 18.5. The maximum absolute atomic E-state index is 12.1. The summed E-state index contributed by atoms with van der Waals surface area (Å²) in [5, 5.41) is 15.2. The highest BCUT2D eigenvalue weighted by atomic mass is 32.1. The predicted molar refractivity (Wildman–Crippen MR) is 96.6 cm³/mol. The molecule has 1 amide bonds. The number of aliphatic hydroxyl groups excluding tert-OH is 1. The number of ether oxygens (including phenoxy) is 1. The Hall–Kier alpha value is -1.96. The molecular weight excluding hydrogens is 338 g/mol. The topological polar surface area (TPSA) is 74.7 Å². The number of benzene rings is 1. The molecule has 0 radical (unpaired) electrons. The number of hydrogen-bond donors (Lipinski definition) is 2. The van der Waals surface area contributed by atoms with E-state index in [9.17, 15) is 9.90 Å². The van der Waals surface area contributed by atoms with Crippen LogP contribution in [-0.2, 0) is 11.3 Å². The molecule has 2 aromatic rings. The Morgan fingerprint density at radius 3 is 2.92 bits per heavy atom. The number of piperidine rings is 1. The zero-order valence-corrected chi connectivity index (χ0v) is 15.0. The molecule has 7 heteroatoms. The molecule has 1 saturated heterocycles. The van der Waals surface area contributed by atoms with Crippen molar-refractivity contribution in [3.05, 3.63) is 46.4 Å². The number of nitrogens with one attached hydrogen (secondary N) is 1. The van der Waals surface area contributed by atoms with E-state index in [1.807, 2.05) is 42.1 Å². The number of β-amino-alcohol motifs (C(OH)–C–C–N with tert-alkyl or cyclic N) is 1. The second-order valence-corrected chi connectivity index (χ2v) is 7.07. The molecule has 1 fully saturated rings. The average molecular weight is 361 g/mol. The Kier molecular flexibility index (Phi) is 6.01. The van der Waals surface area contributed by atoms with Gasteiger partial charge in [-0.15, -0.1) is 11.3 Å². The van der Waals surface area contributed by atoms with Crippen molar-refractivity contribution in [3.63, 3.8) is 0 Å². The number of nitrogens with zero attached hydrogens (tertiary/aromatic N) is 2. The van der Waals surface area contributed by atoms with Crippen LogP contribution in [0.15, 0.2) is 35.2 Å². The first-order valence-electron chi connectivity index (χ1n) is 8.36. The molecule has 1 aromatic heterocycles. The van der Waals surface area contributed by atoms with E-state index in [0.717, 1.165) is 24.3 Å². The van der Waals surface area contributed by atoms with Crippen molar-refractivity contribution < 1.29 is 14.6 Å². The molecule has 0 bridgehead atoms. The van der Waals surface area contributed by atoms with Crippen LogP contribution in [0.3, 0.4) is 0 Å². The minimum Gasteiger partial charge on any atom is -0.484 e. The third-order valence-electron chi connectivity index (χ3n) is 4.27. The third kappa shape index (κ3) is 5.26. The number of thiazole rings is 1. The summed E-state index contributed by atoms with van der Waals surface area (Å²) in [6.07, 6.45) is 0.123. The Morgan fingerprint density at radius 2 is 2.24 bits per heavy atom. The summed E-state index contributed by atoms with van der Waals surface area (Å²) in [5.41, 5.74) is 3.97. The van der Waals surface area contributed by atoms with Crippen molar-refractivity contribution in [2.45, 2.75) is 32.0 Å². The number of likely N-dealkylation sites (tertiary alicyclic amines) is 1. The Morgan fingerprint density at radius 1 is 1.44 bits per heavy atom. The number of hydrogen-bond acceptors (Lipinski definition) is 6. The van der Waals surface area contributed by atoms with Gasteiger partial charge in [0.25, 0.3) is 5.91 Å². The highest BCUT2D eigenvalue weighted by Crippen LogP contribution is 2.15. The van der Waals surface area contributed by atoms with Crippen LogP contribution in [-0.4, -0.2) is 52.7 Å². The maximum Gasteiger partial charge on any atom is 0.258 e. The van der Waals surface area contributed by atoms with Crippen LogP contribution in [0.2, 0.25) is 0 Å². The number of aromatic nitrogens is 1. The van der Waals surface area contributed by atoms with Crippen molar-refractivity contribution in [1.82, 2.24) is 15.2 Å². The fourth-order valence-electron chi connectivity index (χ4n) is 2.89. The molecule has 2 N–H and O–H groups in total. The monoisotopic (exact) mass is 361 g/mol. The van der Waals surface area contributed by atoms with Crippen molar-refractivity contribution in [3.8, 4) is 5.75 Å². The number of amides is 1. The summed E-state index contributed by atoms with van der Waals surface area (Å²) in [6.45, 7) is 4.03. The van der Waals surface area contributed by atoms with Crippen molar-refractivity contribution in [1.29, 1.82) is 0 Å². The molecular formula is C18H23N3O3S. The second kappa shape index (κ2) is 8.42. The standard InChI is InChI=1S/C18H23N3O3S/c1-13-2-4-15(5-3-13)24-10-18(23)20-16-6-7-21(9-17(16)22)8-14-11-25-12-19-14/h2-5,11-12,16-17,22H,6-10H2,1H3,(H,20,23)/t16-,17-/m1/s1. The summed E-state index contributed by atoms with van der Waals surface area (Å²) in [6, 6.07) is 7.33. The zero-order valence-electron chi connectivity index (χ0n) is 14.2. The highest BCUT2D eigenvalue weighted by molar-refractivity contribution is 7.07. The number of carbonyl (C=O) groups excluding carboxylic acids is 1. The van der Waals surface area contributed by atoms with Crippen molar-refractivity contribution in [2.75, 3.05) is 19.7 Å². The molecule has 1 aliphatic rings. The fourth-order valence-corrected chi connectivity index (χ4v) is 3.44. The van der Waals surface area contributed by atoms with Gasteiger partial charge in [-0.3, -0.25) is 9.69 Å². The van der Waals surface area contributed by atoms with Gasteiger partial charge in [0, 0.05) is 25.0 Å². The van der Waals surface area contributed by atoms with Crippen LogP contribution in [0.4, 0.5) is 0 Å². The lowest BCUT2D eigenvalue weighted by atomic mass is 10.0. The predicted octanol–water partition coefficient (Wildman–Crippen LogP) is 1.58. The van der Waals surface area contributed by atoms with Gasteiger partial charge in [-0.05, 0) is 25.5 Å². The molecule has 0 aliphatic carbocycles. The molecule has 2 atom stereocenters. The quantitative estimate of drug-likeness (QED) is 0.817. The number of aryl methyl sites for hydroxylation is 1. The largest absolute Gasteiger partial charge is 0.484 e. The molecule has 25 heavy (non-hydrogen) atoms. The van der Waals surface area contributed by atoms with Crippen LogP contribution in [0, 0.1) is 6.92 Å². The summed E-state index contributed by atoms with van der Waals surface area (Å²) in [7, 11) is 0. The number of carbonyl (C=O) groups is 1. The lowest BCUT2D eigenvalue weighted by Crippen LogP contribution is -2.54. The molecule has 0 spiro atoms. The zero-order chi connectivity index (χ0) is 17.6. The molecule has 2 heterocycles. The van der Waals surface area contributed by atoms with Gasteiger partial charge in [0.1, 0.15) is 5.75 Å². The fraction of sp³-hybridized carbons (Fsp3) is 0.444. The van der Waals surface area contributed by atoms with E-state index in [0.29, 0.717) is 18.7 Å². The first-order chi connectivity index (χ1) is 12.1. The summed E-state index contributed by atoms with van der Waals surface area (Å²) >= 11 is 1.57. The molecule has 6 nitrogen and oxygen atoms in total. The van der Waals surface area contributed by atoms with Crippen LogP contribution >= 0.6 is 11.3 Å². The molecule has 1 aliphatic heterocycles. The van der Waals surface area contributed by atoms with Gasteiger partial charge in [-0.25, -0.2) is 4.98 Å². The summed E-state index contributed by atoms with van der Waals surface area (Å²) < 4.78 is 5.48. The van der Waals surface area contributed by atoms with E-state index in [-0.39, 0.29) is 18.6 Å². The maximum atomic E-state index is 12.1. The normalized spacial score (nSPS) is 21.0. The van der Waals surface area contributed by atoms with Crippen molar-refractivity contribution in [2.24, 2.45) is 0 Å². The van der Waals surface area contributed by atoms with E-state index >= 15 is 0 Å². The minimum absolute atomic E-state index is 0.0468. The van der Waals surface area contributed by atoms with Gasteiger partial charge in [-0.2, -0.15) is 0 Å². The molecule has 3 rings (SSSR count). The second-order valence-electron chi connectivity index (χ2n) is 6.35. The van der Waals surface area contributed by atoms with E-state index in [4.69, 9.17) is 4.74 Å². The molecule has 0 saturated carbocycles. The van der Waals surface area contributed by atoms with Crippen LogP contribution in [0.1, 0.15) is 17.7 Å². The van der Waals surface area contributed by atoms with Crippen LogP contribution in [0.5, 0.6) is 5.75 Å². The first kappa shape index (κ1) is 17.8. The lowest BCUT2D eigenvalue weighted by molar-refractivity contribution is -0.125. The van der Waals surface area contributed by atoms with Crippen molar-refractivity contribution >= 4 is 17.2 Å². The van der Waals surface area contributed by atoms with Gasteiger partial charge in [0.15, 0.2) is 6.61 Å². The molecule has 0 unspecified atom stereocenters. The van der Waals surface area contributed by atoms with Gasteiger partial charge < -0.3 is 15.2 Å². The first-order valence-corrected chi connectivity index (χ1v) is 9.31. The number of aliphatic hydroxyl groups is 1. The van der Waals surface area contributed by atoms with E-state index in [1.165, 1.54) is 0 Å². The minimum atomic E-state index is -0.587. The summed E-state index contributed by atoms with van der Waals surface area (Å²) in [5.74, 6) is 0.456. The van der Waals surface area contributed by atoms with Crippen LogP contribution in [0.25, 0.3) is 0 Å². The Bertz CT molecular complexity index is 675. The van der Waals surface area contributed by atoms with E-state index in [1.54, 1.807) is 11.3 Å². The van der Waals surface area contributed by atoms with E-state index < -0.39 is 6.10 Å². The van der Waals surface area contributed by atoms with Gasteiger partial charge in [-0.1, -0.05) is 17.7 Å². The lowest BCUT2D eigenvalue weighted by Gasteiger charge is -2.35. The van der Waals surface area contributed by atoms with Crippen LogP contribution < -0.4 is 10.1 Å². The number of rotatable bonds is 6. The SMILES string of the molecule is Cc1ccc(OCC(=O)N[C@@H]2CCN(Cc3cscn3)C[C@H]2O)cc1. The Balaban J connectivity index is 1.42. The molecule has 1 aromatic carbocycles. The smallest absolute Gasteiger partial charge is 0.258 e. The van der Waals surface area contributed by atoms with Gasteiger partial charge in [0.2, 0.25) is 0 Å². The molecule has 134 valence electrons. The van der Waals surface area contributed by atoms with Gasteiger partial charge >= 0.3 is 0 Å². The van der Waals surface area contributed by atoms with Gasteiger partial charge in [0.05, 0.1) is 23.4 Å². The average Bonchev–Trinajstić information content (AvgIpc) is 3.10. The highest BCUT2D eigenvalue weighted by Gasteiger charge is 2.29. The third-order valence-corrected chi connectivity index (χ3v) is 4.91.